The van der Waals surface area contributed by atoms with Gasteiger partial charge in [0.2, 0.25) is 0 Å². The highest BCUT2D eigenvalue weighted by atomic mass is 16.1. The summed E-state index contributed by atoms with van der Waals surface area (Å²) >= 11 is 0. The maximum absolute atomic E-state index is 9.17. The molecule has 0 rings (SSSR count). The van der Waals surface area contributed by atoms with Crippen molar-refractivity contribution >= 4 is 12.1 Å². The summed E-state index contributed by atoms with van der Waals surface area (Å²) in [5.41, 5.74) is 5.88. The number of hydrogen-bond acceptors (Lipinski definition) is 1. The molecule has 0 aromatic rings. The van der Waals surface area contributed by atoms with Crippen molar-refractivity contribution in [3.05, 3.63) is 0 Å². The van der Waals surface area contributed by atoms with Crippen LogP contribution >= 0.6 is 0 Å². The summed E-state index contributed by atoms with van der Waals surface area (Å²) in [4.78, 5) is 9.17. The Morgan fingerprint density at radius 2 is 2.20 bits per heavy atom. The van der Waals surface area contributed by atoms with Gasteiger partial charge in [-0.2, -0.15) is 5.41 Å². The number of carbonyl (C=O) groups excluding carboxylic acids is 1. The summed E-state index contributed by atoms with van der Waals surface area (Å²) in [6, 6.07) is 0. The van der Waals surface area contributed by atoms with Crippen molar-refractivity contribution in [1.29, 1.82) is 0 Å². The Bertz CT molecular complexity index is 58.7. The fraction of sp³-hybridized carbons (Fsp3) is 0. The predicted octanol–water partition coefficient (Wildman–Crippen LogP) is -1.33. The highest BCUT2D eigenvalue weighted by Gasteiger charge is 1.75. The zero-order valence-electron chi connectivity index (χ0n) is 2.43. The summed E-state index contributed by atoms with van der Waals surface area (Å²) in [6.45, 7) is 0. The third-order valence-corrected chi connectivity index (χ3v) is 0.117. The lowest BCUT2D eigenvalue weighted by Crippen LogP contribution is -1.97. The highest BCUT2D eigenvalue weighted by Crippen LogP contribution is 1.35. The molecule has 0 unspecified atom stereocenters. The number of nitrogens with one attached hydrogen (secondary N) is 1. The molecule has 2 radical (unpaired) electrons. The molecule has 1 N–H and O–H groups in total. The minimum Gasteiger partial charge on any atom is -0.266 e. The Labute approximate surface area is 29.3 Å². The number of nitrogens with zero attached hydrogens (tertiary/aromatic N) is 1. The molecule has 5 heavy (non-hydrogen) atoms. The first-order valence-corrected chi connectivity index (χ1v) is 1.00. The molecule has 1 amide bonds. The maximum Gasteiger partial charge on any atom is 0.282 e. The fourth-order valence-electron chi connectivity index (χ4n) is 0. The molecule has 0 aromatic heterocycles. The minimum absolute atomic E-state index is 0.194. The van der Waals surface area contributed by atoms with Gasteiger partial charge in [0.25, 0.3) is 5.91 Å². The Morgan fingerprint density at radius 1 is 2.00 bits per heavy atom. The van der Waals surface area contributed by atoms with E-state index in [2.05, 4.69) is 0 Å². The molecule has 0 saturated heterocycles. The molecular weight excluding hydrogens is 68.0 g/mol. The average molecular weight is 70.1 g/mol. The molecule has 0 atom stereocenters. The van der Waals surface area contributed by atoms with Crippen LogP contribution in [0.5, 0.6) is 0 Å². The lowest BCUT2D eigenvalue weighted by atomic mass is 10.7. The van der Waals surface area contributed by atoms with E-state index in [0.717, 1.165) is 0 Å². The van der Waals surface area contributed by atoms with Gasteiger partial charge in [0.15, 0.2) is 0 Å². The van der Waals surface area contributed by atoms with E-state index < -0.39 is 5.91 Å². The van der Waals surface area contributed by atoms with Crippen LogP contribution in [0.4, 0.5) is 0 Å². The molecule has 3 nitrogen and oxygen atoms in total. The van der Waals surface area contributed by atoms with Crippen molar-refractivity contribution < 1.29 is 4.79 Å². The van der Waals surface area contributed by atoms with Crippen molar-refractivity contribution in [3.63, 3.8) is 0 Å². The monoisotopic (exact) mass is 70.0 g/mol. The van der Waals surface area contributed by atoms with Gasteiger partial charge in [0, 0.05) is 0 Å². The van der Waals surface area contributed by atoms with Gasteiger partial charge in [-0.15, -0.1) is 0 Å². The van der Waals surface area contributed by atoms with Gasteiger partial charge in [-0.1, -0.05) is 0 Å². The Kier molecular flexibility index (Phi) is 1.21. The SMILES string of the molecule is [N]=CC([NH])=O. The summed E-state index contributed by atoms with van der Waals surface area (Å²) in [7, 11) is 0. The Balaban J connectivity index is 3.20. The molecule has 3 heteroatoms. The van der Waals surface area contributed by atoms with Gasteiger partial charge in [-0.05, 0) is 0 Å². The van der Waals surface area contributed by atoms with Gasteiger partial charge < -0.3 is 0 Å². The smallest absolute Gasteiger partial charge is 0.266 e. The van der Waals surface area contributed by atoms with Crippen LogP contribution in [0.15, 0.2) is 0 Å². The molecule has 0 bridgehead atoms. The minimum atomic E-state index is -1.06. The second-order valence-corrected chi connectivity index (χ2v) is 0.493. The van der Waals surface area contributed by atoms with E-state index in [-0.39, 0.29) is 6.21 Å². The summed E-state index contributed by atoms with van der Waals surface area (Å²) < 4.78 is 0. The fourth-order valence-corrected chi connectivity index (χ4v) is 0. The molecule has 0 aliphatic carbocycles. The van der Waals surface area contributed by atoms with E-state index in [9.17, 15) is 4.79 Å². The van der Waals surface area contributed by atoms with Gasteiger partial charge >= 0.3 is 0 Å². The van der Waals surface area contributed by atoms with E-state index in [1.165, 1.54) is 0 Å². The van der Waals surface area contributed by atoms with E-state index in [1.807, 2.05) is 0 Å². The Hall–Kier alpha value is -0.860. The van der Waals surface area contributed by atoms with Crippen molar-refractivity contribution in [2.75, 3.05) is 0 Å². The van der Waals surface area contributed by atoms with Crippen molar-refractivity contribution in [2.24, 2.45) is 0 Å². The molecule has 0 heterocycles. The average Bonchev–Trinajstić information content (AvgIpc) is 1.38. The van der Waals surface area contributed by atoms with Crippen LogP contribution in [-0.4, -0.2) is 12.1 Å². The number of hydrogen-bond donors (Lipinski definition) is 0. The van der Waals surface area contributed by atoms with Crippen LogP contribution in [0, 0.1) is 0 Å². The first kappa shape index (κ1) is 4.14. The zero-order valence-corrected chi connectivity index (χ0v) is 2.43. The van der Waals surface area contributed by atoms with E-state index >= 15 is 0 Å². The number of rotatable bonds is 1. The van der Waals surface area contributed by atoms with E-state index in [1.54, 1.807) is 0 Å². The summed E-state index contributed by atoms with van der Waals surface area (Å²) in [5, 5.41) is 7.48. The zero-order chi connectivity index (χ0) is 4.28. The molecule has 0 fully saturated rings. The van der Waals surface area contributed by atoms with Crippen LogP contribution in [0.2, 0.25) is 0 Å². The predicted molar refractivity (Wildman–Crippen MR) is 16.3 cm³/mol. The highest BCUT2D eigenvalue weighted by molar-refractivity contribution is 6.24. The van der Waals surface area contributed by atoms with Crippen molar-refractivity contribution in [1.82, 2.24) is 11.1 Å². The van der Waals surface area contributed by atoms with Crippen molar-refractivity contribution in [2.45, 2.75) is 0 Å². The molecular formula is C2H2N2O. The van der Waals surface area contributed by atoms with Gasteiger partial charge in [0.05, 0.1) is 0 Å². The van der Waals surface area contributed by atoms with Gasteiger partial charge in [-0.3, -0.25) is 10.5 Å². The molecule has 0 saturated carbocycles. The normalized spacial score (nSPS) is 6.40. The maximum atomic E-state index is 9.17. The van der Waals surface area contributed by atoms with Crippen LogP contribution in [-0.2, 0) is 4.79 Å². The molecule has 0 aliphatic rings. The number of carbonyl (C=O) groups is 1. The first-order chi connectivity index (χ1) is 2.27. The third-order valence-electron chi connectivity index (χ3n) is 0.117. The van der Waals surface area contributed by atoms with Gasteiger partial charge in [-0.25, -0.2) is 0 Å². The van der Waals surface area contributed by atoms with Crippen molar-refractivity contribution in [3.8, 4) is 0 Å². The molecule has 26 valence electrons. The Morgan fingerprint density at radius 3 is 2.20 bits per heavy atom. The van der Waals surface area contributed by atoms with Crippen LogP contribution in [0.1, 0.15) is 0 Å². The second-order valence-electron chi connectivity index (χ2n) is 0.493. The van der Waals surface area contributed by atoms with Crippen LogP contribution in [0.3, 0.4) is 0 Å². The lowest BCUT2D eigenvalue weighted by molar-refractivity contribution is -0.112. The number of amides is 1. The van der Waals surface area contributed by atoms with Gasteiger partial charge in [0.1, 0.15) is 6.21 Å². The topological polar surface area (TPSA) is 63.2 Å². The quantitative estimate of drug-likeness (QED) is 0.352. The first-order valence-electron chi connectivity index (χ1n) is 1.00. The summed E-state index contributed by atoms with van der Waals surface area (Å²) in [6.07, 6.45) is 0.194. The lowest BCUT2D eigenvalue weighted by Gasteiger charge is -1.59. The molecule has 0 spiro atoms. The van der Waals surface area contributed by atoms with E-state index in [4.69, 9.17) is 11.1 Å². The molecule has 0 aliphatic heterocycles. The third kappa shape index (κ3) is 3.14. The molecule has 0 aromatic carbocycles. The standard InChI is InChI=1S/C2H2N2O/c3-1-2(4)5/h1,4H. The summed E-state index contributed by atoms with van der Waals surface area (Å²) in [5.74, 6) is -1.06. The largest absolute Gasteiger partial charge is 0.282 e. The van der Waals surface area contributed by atoms with Crippen LogP contribution < -0.4 is 11.1 Å². The van der Waals surface area contributed by atoms with Crippen LogP contribution in [0.25, 0.3) is 0 Å². The van der Waals surface area contributed by atoms with E-state index in [0.29, 0.717) is 0 Å². The second kappa shape index (κ2) is 1.46.